The van der Waals surface area contributed by atoms with Crippen LogP contribution in [0.4, 0.5) is 0 Å². The molecule has 0 saturated carbocycles. The van der Waals surface area contributed by atoms with Crippen molar-refractivity contribution in [2.45, 2.75) is 18.8 Å². The minimum atomic E-state index is -1.25. The number of nitrogens with zero attached hydrogens (tertiary/aromatic N) is 4. The SMILES string of the molecule is N#Cc1ccc(C(O)C(O)CN=[N+]=[N-])cc1OCc1ccccc1. The number of hydrogen-bond acceptors (Lipinski definition) is 5. The van der Waals surface area contributed by atoms with E-state index in [1.54, 1.807) is 0 Å². The molecule has 0 aliphatic heterocycles. The highest BCUT2D eigenvalue weighted by atomic mass is 16.5. The largest absolute Gasteiger partial charge is 0.488 e. The number of benzene rings is 2. The molecule has 7 nitrogen and oxygen atoms in total. The molecule has 0 spiro atoms. The fourth-order valence-corrected chi connectivity index (χ4v) is 2.11. The Labute approximate surface area is 139 Å². The second-order valence-electron chi connectivity index (χ2n) is 5.07. The summed E-state index contributed by atoms with van der Waals surface area (Å²) in [6, 6.07) is 16.0. The highest BCUT2D eigenvalue weighted by Crippen LogP contribution is 2.26. The molecule has 0 saturated heterocycles. The third kappa shape index (κ3) is 4.48. The predicted octanol–water partition coefficient (Wildman–Crippen LogP) is 2.84. The Morgan fingerprint density at radius 1 is 1.21 bits per heavy atom. The number of rotatable bonds is 7. The highest BCUT2D eigenvalue weighted by molar-refractivity contribution is 5.46. The van der Waals surface area contributed by atoms with Crippen LogP contribution in [-0.4, -0.2) is 22.9 Å². The molecule has 2 N–H and O–H groups in total. The minimum absolute atomic E-state index is 0.252. The van der Waals surface area contributed by atoms with Crippen molar-refractivity contribution in [2.24, 2.45) is 5.11 Å². The summed E-state index contributed by atoms with van der Waals surface area (Å²) in [7, 11) is 0. The van der Waals surface area contributed by atoms with Gasteiger partial charge in [0, 0.05) is 4.91 Å². The van der Waals surface area contributed by atoms with Gasteiger partial charge >= 0.3 is 0 Å². The van der Waals surface area contributed by atoms with Crippen molar-refractivity contribution in [3.63, 3.8) is 0 Å². The number of ether oxygens (including phenoxy) is 1. The van der Waals surface area contributed by atoms with Crippen LogP contribution in [-0.2, 0) is 6.61 Å². The van der Waals surface area contributed by atoms with Crippen LogP contribution in [0.15, 0.2) is 53.6 Å². The van der Waals surface area contributed by atoms with E-state index in [0.29, 0.717) is 16.9 Å². The van der Waals surface area contributed by atoms with Gasteiger partial charge < -0.3 is 14.9 Å². The number of azide groups is 1. The maximum absolute atomic E-state index is 10.1. The third-order valence-electron chi connectivity index (χ3n) is 3.40. The minimum Gasteiger partial charge on any atom is -0.488 e. The molecule has 24 heavy (non-hydrogen) atoms. The Bertz CT molecular complexity index is 767. The molecule has 2 aromatic carbocycles. The van der Waals surface area contributed by atoms with E-state index in [0.717, 1.165) is 5.56 Å². The van der Waals surface area contributed by atoms with Crippen LogP contribution in [0.3, 0.4) is 0 Å². The molecular formula is C17H16N4O3. The summed E-state index contributed by atoms with van der Waals surface area (Å²) in [6.45, 7) is 0.0220. The van der Waals surface area contributed by atoms with Crippen molar-refractivity contribution in [1.82, 2.24) is 0 Å². The fourth-order valence-electron chi connectivity index (χ4n) is 2.11. The molecule has 0 aromatic heterocycles. The zero-order valence-electron chi connectivity index (χ0n) is 12.8. The van der Waals surface area contributed by atoms with E-state index < -0.39 is 12.2 Å². The molecule has 2 atom stereocenters. The third-order valence-corrected chi connectivity index (χ3v) is 3.40. The molecular weight excluding hydrogens is 308 g/mol. The molecule has 0 heterocycles. The Morgan fingerprint density at radius 2 is 1.96 bits per heavy atom. The number of hydrogen-bond donors (Lipinski definition) is 2. The van der Waals surface area contributed by atoms with Gasteiger partial charge in [-0.1, -0.05) is 41.5 Å². The smallest absolute Gasteiger partial charge is 0.137 e. The first kappa shape index (κ1) is 17.3. The first-order valence-corrected chi connectivity index (χ1v) is 7.23. The van der Waals surface area contributed by atoms with Gasteiger partial charge in [0.25, 0.3) is 0 Å². The van der Waals surface area contributed by atoms with E-state index in [2.05, 4.69) is 10.0 Å². The van der Waals surface area contributed by atoms with E-state index in [-0.39, 0.29) is 13.2 Å². The Balaban J connectivity index is 2.17. The quantitative estimate of drug-likeness (QED) is 0.462. The van der Waals surface area contributed by atoms with Crippen molar-refractivity contribution in [3.8, 4) is 11.8 Å². The molecule has 0 fully saturated rings. The lowest BCUT2D eigenvalue weighted by atomic mass is 10.0. The second kappa shape index (κ2) is 8.56. The van der Waals surface area contributed by atoms with Gasteiger partial charge in [0.2, 0.25) is 0 Å². The average Bonchev–Trinajstić information content (AvgIpc) is 2.64. The van der Waals surface area contributed by atoms with Crippen molar-refractivity contribution >= 4 is 0 Å². The van der Waals surface area contributed by atoms with Crippen molar-refractivity contribution < 1.29 is 14.9 Å². The van der Waals surface area contributed by atoms with Crippen molar-refractivity contribution in [2.75, 3.05) is 6.54 Å². The maximum Gasteiger partial charge on any atom is 0.137 e. The van der Waals surface area contributed by atoms with E-state index >= 15 is 0 Å². The van der Waals surface area contributed by atoms with E-state index in [1.807, 2.05) is 36.4 Å². The lowest BCUT2D eigenvalue weighted by Crippen LogP contribution is -2.21. The average molecular weight is 324 g/mol. The van der Waals surface area contributed by atoms with Gasteiger partial charge in [0.05, 0.1) is 18.2 Å². The molecule has 0 aliphatic carbocycles. The Kier molecular flexibility index (Phi) is 6.17. The van der Waals surface area contributed by atoms with Crippen LogP contribution < -0.4 is 4.74 Å². The first-order valence-electron chi connectivity index (χ1n) is 7.23. The molecule has 2 unspecified atom stereocenters. The summed E-state index contributed by atoms with van der Waals surface area (Å²) in [5.74, 6) is 0.314. The van der Waals surface area contributed by atoms with Gasteiger partial charge in [-0.05, 0) is 28.8 Å². The van der Waals surface area contributed by atoms with Crippen molar-refractivity contribution in [1.29, 1.82) is 5.26 Å². The van der Waals surface area contributed by atoms with E-state index in [4.69, 9.17) is 10.3 Å². The summed E-state index contributed by atoms with van der Waals surface area (Å²) in [5, 5.41) is 32.3. The van der Waals surface area contributed by atoms with Gasteiger partial charge in [-0.15, -0.1) is 0 Å². The summed E-state index contributed by atoms with van der Waals surface area (Å²) in [5.41, 5.74) is 9.91. The summed E-state index contributed by atoms with van der Waals surface area (Å²) in [6.07, 6.45) is -2.49. The number of aliphatic hydroxyl groups is 2. The van der Waals surface area contributed by atoms with Crippen LogP contribution in [0.2, 0.25) is 0 Å². The van der Waals surface area contributed by atoms with Crippen LogP contribution in [0.1, 0.15) is 22.8 Å². The van der Waals surface area contributed by atoms with E-state index in [1.165, 1.54) is 18.2 Å². The second-order valence-corrected chi connectivity index (χ2v) is 5.07. The molecule has 0 amide bonds. The Morgan fingerprint density at radius 3 is 2.62 bits per heavy atom. The van der Waals surface area contributed by atoms with Crippen molar-refractivity contribution in [3.05, 3.63) is 75.7 Å². The van der Waals surface area contributed by atoms with Gasteiger partial charge in [0.1, 0.15) is 24.5 Å². The fraction of sp³-hybridized carbons (Fsp3) is 0.235. The molecule has 0 aliphatic rings. The monoisotopic (exact) mass is 324 g/mol. The van der Waals surface area contributed by atoms with E-state index in [9.17, 15) is 15.5 Å². The number of aliphatic hydroxyl groups excluding tert-OH is 2. The van der Waals surface area contributed by atoms with Crippen LogP contribution >= 0.6 is 0 Å². The molecule has 122 valence electrons. The molecule has 2 rings (SSSR count). The molecule has 2 aromatic rings. The number of nitriles is 1. The zero-order chi connectivity index (χ0) is 17.4. The standard InChI is InChI=1S/C17H16N4O3/c18-9-14-7-6-13(17(23)15(22)10-20-21-19)8-16(14)24-11-12-4-2-1-3-5-12/h1-8,15,17,22-23H,10-11H2. The Hall–Kier alpha value is -3.04. The zero-order valence-corrected chi connectivity index (χ0v) is 12.8. The maximum atomic E-state index is 10.1. The topological polar surface area (TPSA) is 122 Å². The molecule has 0 radical (unpaired) electrons. The molecule has 7 heteroatoms. The van der Waals surface area contributed by atoms with Gasteiger partial charge in [-0.3, -0.25) is 0 Å². The summed E-state index contributed by atoms with van der Waals surface area (Å²) < 4.78 is 5.67. The molecule has 0 bridgehead atoms. The summed E-state index contributed by atoms with van der Waals surface area (Å²) in [4.78, 5) is 2.55. The predicted molar refractivity (Wildman–Crippen MR) is 86.9 cm³/mol. The lowest BCUT2D eigenvalue weighted by molar-refractivity contribution is 0.0242. The van der Waals surface area contributed by atoms with Gasteiger partial charge in [0.15, 0.2) is 0 Å². The highest BCUT2D eigenvalue weighted by Gasteiger charge is 2.19. The van der Waals surface area contributed by atoms with Gasteiger partial charge in [-0.2, -0.15) is 5.26 Å². The van der Waals surface area contributed by atoms with Gasteiger partial charge in [-0.25, -0.2) is 0 Å². The van der Waals surface area contributed by atoms with Crippen LogP contribution in [0.5, 0.6) is 5.75 Å². The van der Waals surface area contributed by atoms with Crippen LogP contribution in [0, 0.1) is 11.3 Å². The summed E-state index contributed by atoms with van der Waals surface area (Å²) >= 11 is 0. The lowest BCUT2D eigenvalue weighted by Gasteiger charge is -2.17. The normalized spacial score (nSPS) is 12.5. The first-order chi connectivity index (χ1) is 11.7. The van der Waals surface area contributed by atoms with Crippen LogP contribution in [0.25, 0.3) is 10.4 Å².